The fourth-order valence-corrected chi connectivity index (χ4v) is 2.86. The molecule has 0 unspecified atom stereocenters. The van der Waals surface area contributed by atoms with E-state index in [9.17, 15) is 9.18 Å². The van der Waals surface area contributed by atoms with E-state index in [1.54, 1.807) is 0 Å². The number of hydrogen-bond acceptors (Lipinski definition) is 1. The Morgan fingerprint density at radius 1 is 0.952 bits per heavy atom. The molecule has 1 N–H and O–H groups in total. The van der Waals surface area contributed by atoms with Crippen molar-refractivity contribution in [3.8, 4) is 0 Å². The van der Waals surface area contributed by atoms with Gasteiger partial charge in [0.1, 0.15) is 5.82 Å². The van der Waals surface area contributed by atoms with Crippen molar-refractivity contribution in [1.29, 1.82) is 0 Å². The Morgan fingerprint density at radius 2 is 1.71 bits per heavy atom. The quantitative estimate of drug-likeness (QED) is 0.623. The number of halogens is 2. The maximum absolute atomic E-state index is 13.1. The number of carbonyl (C=O) groups excluding carboxylic acids is 1. The van der Waals surface area contributed by atoms with E-state index in [4.69, 9.17) is 0 Å². The van der Waals surface area contributed by atoms with Crippen LogP contribution in [0.1, 0.15) is 10.4 Å². The van der Waals surface area contributed by atoms with E-state index in [1.807, 2.05) is 65.1 Å². The minimum Gasteiger partial charge on any atom is -0.322 e. The van der Waals surface area contributed by atoms with E-state index in [-0.39, 0.29) is 11.7 Å². The van der Waals surface area contributed by atoms with Gasteiger partial charge in [0.05, 0.1) is 5.56 Å². The number of amides is 1. The molecule has 104 valence electrons. The van der Waals surface area contributed by atoms with Gasteiger partial charge in [0.15, 0.2) is 0 Å². The third-order valence-corrected chi connectivity index (χ3v) is 4.08. The van der Waals surface area contributed by atoms with Crippen LogP contribution in [0.3, 0.4) is 0 Å². The third-order valence-electron chi connectivity index (χ3n) is 3.18. The van der Waals surface area contributed by atoms with Crippen LogP contribution in [-0.2, 0) is 0 Å². The molecule has 0 aliphatic rings. The summed E-state index contributed by atoms with van der Waals surface area (Å²) in [5.41, 5.74) is 1.18. The molecule has 3 aromatic carbocycles. The predicted octanol–water partition coefficient (Wildman–Crippen LogP) is 4.84. The molecule has 0 bridgehead atoms. The van der Waals surface area contributed by atoms with Crippen LogP contribution >= 0.6 is 22.6 Å². The molecule has 3 aromatic rings. The lowest BCUT2D eigenvalue weighted by atomic mass is 10.1. The number of rotatable bonds is 2. The van der Waals surface area contributed by atoms with E-state index in [1.165, 1.54) is 18.2 Å². The third kappa shape index (κ3) is 3.05. The van der Waals surface area contributed by atoms with Gasteiger partial charge < -0.3 is 5.32 Å². The normalized spacial score (nSPS) is 10.6. The number of fused-ring (bicyclic) bond motifs is 1. The van der Waals surface area contributed by atoms with E-state index in [0.717, 1.165) is 16.5 Å². The summed E-state index contributed by atoms with van der Waals surface area (Å²) in [6.45, 7) is 0. The molecule has 0 spiro atoms. The van der Waals surface area contributed by atoms with Gasteiger partial charge in [-0.2, -0.15) is 0 Å². The summed E-state index contributed by atoms with van der Waals surface area (Å²) in [5.74, 6) is -0.587. The van der Waals surface area contributed by atoms with Crippen molar-refractivity contribution in [2.24, 2.45) is 0 Å². The smallest absolute Gasteiger partial charge is 0.256 e. The van der Waals surface area contributed by atoms with E-state index >= 15 is 0 Å². The summed E-state index contributed by atoms with van der Waals surface area (Å²) in [4.78, 5) is 12.2. The summed E-state index contributed by atoms with van der Waals surface area (Å²) in [6.07, 6.45) is 0. The molecule has 21 heavy (non-hydrogen) atoms. The Kier molecular flexibility index (Phi) is 3.88. The van der Waals surface area contributed by atoms with Crippen LogP contribution in [0.25, 0.3) is 10.8 Å². The van der Waals surface area contributed by atoms with Crippen LogP contribution in [0.2, 0.25) is 0 Å². The number of carbonyl (C=O) groups is 1. The Balaban J connectivity index is 1.89. The fraction of sp³-hybridized carbons (Fsp3) is 0. The fourth-order valence-electron chi connectivity index (χ4n) is 2.14. The van der Waals surface area contributed by atoms with Gasteiger partial charge in [-0.15, -0.1) is 0 Å². The molecule has 0 aliphatic heterocycles. The van der Waals surface area contributed by atoms with Crippen LogP contribution in [0.4, 0.5) is 10.1 Å². The molecule has 2 nitrogen and oxygen atoms in total. The Bertz CT molecular complexity index is 832. The summed E-state index contributed by atoms with van der Waals surface area (Å²) in [6, 6.07) is 17.8. The van der Waals surface area contributed by atoms with Crippen molar-refractivity contribution in [2.45, 2.75) is 0 Å². The second-order valence-corrected chi connectivity index (χ2v) is 5.80. The van der Waals surface area contributed by atoms with Crippen molar-refractivity contribution in [3.05, 3.63) is 75.6 Å². The lowest BCUT2D eigenvalue weighted by Gasteiger charge is -2.08. The van der Waals surface area contributed by atoms with Gasteiger partial charge in [0.2, 0.25) is 0 Å². The average molecular weight is 391 g/mol. The average Bonchev–Trinajstić information content (AvgIpc) is 2.47. The zero-order valence-electron chi connectivity index (χ0n) is 10.9. The zero-order valence-corrected chi connectivity index (χ0v) is 13.1. The summed E-state index contributed by atoms with van der Waals surface area (Å²) < 4.78 is 13.7. The van der Waals surface area contributed by atoms with Gasteiger partial charge in [-0.25, -0.2) is 4.39 Å². The lowest BCUT2D eigenvalue weighted by molar-refractivity contribution is 0.102. The van der Waals surface area contributed by atoms with Crippen LogP contribution in [0, 0.1) is 9.39 Å². The number of hydrogen-bond donors (Lipinski definition) is 1. The number of anilines is 1. The largest absolute Gasteiger partial charge is 0.322 e. The lowest BCUT2D eigenvalue weighted by Crippen LogP contribution is -2.13. The van der Waals surface area contributed by atoms with Crippen molar-refractivity contribution in [1.82, 2.24) is 0 Å². The first kappa shape index (κ1) is 14.0. The zero-order chi connectivity index (χ0) is 14.8. The molecule has 0 saturated heterocycles. The number of nitrogens with one attached hydrogen (secondary N) is 1. The molecule has 3 rings (SSSR count). The van der Waals surface area contributed by atoms with Gasteiger partial charge in [0.25, 0.3) is 5.91 Å². The van der Waals surface area contributed by atoms with Gasteiger partial charge in [-0.1, -0.05) is 30.3 Å². The van der Waals surface area contributed by atoms with Gasteiger partial charge in [0, 0.05) is 9.26 Å². The topological polar surface area (TPSA) is 29.1 Å². The van der Waals surface area contributed by atoms with Crippen LogP contribution in [0.5, 0.6) is 0 Å². The maximum atomic E-state index is 13.1. The van der Waals surface area contributed by atoms with Gasteiger partial charge in [-0.3, -0.25) is 4.79 Å². The first-order valence-corrected chi connectivity index (χ1v) is 7.46. The van der Waals surface area contributed by atoms with Crippen molar-refractivity contribution in [2.75, 3.05) is 5.32 Å². The van der Waals surface area contributed by atoms with Crippen molar-refractivity contribution >= 4 is 45.0 Å². The molecule has 0 aromatic heterocycles. The van der Waals surface area contributed by atoms with Crippen LogP contribution in [-0.4, -0.2) is 5.91 Å². The first-order valence-electron chi connectivity index (χ1n) is 6.39. The van der Waals surface area contributed by atoms with Crippen molar-refractivity contribution < 1.29 is 9.18 Å². The Morgan fingerprint density at radius 3 is 2.48 bits per heavy atom. The highest BCUT2D eigenvalue weighted by atomic mass is 127. The summed E-state index contributed by atoms with van der Waals surface area (Å²) >= 11 is 1.96. The summed E-state index contributed by atoms with van der Waals surface area (Å²) in [5, 5.41) is 5.02. The SMILES string of the molecule is O=C(Nc1ccc2ccccc2c1)c1ccc(F)cc1I. The minimum atomic E-state index is -0.346. The van der Waals surface area contributed by atoms with E-state index in [0.29, 0.717) is 9.13 Å². The molecular weight excluding hydrogens is 380 g/mol. The second-order valence-electron chi connectivity index (χ2n) is 4.64. The minimum absolute atomic E-state index is 0.241. The number of benzene rings is 3. The van der Waals surface area contributed by atoms with E-state index < -0.39 is 0 Å². The molecule has 0 fully saturated rings. The molecule has 0 heterocycles. The monoisotopic (exact) mass is 391 g/mol. The van der Waals surface area contributed by atoms with Gasteiger partial charge >= 0.3 is 0 Å². The highest BCUT2D eigenvalue weighted by molar-refractivity contribution is 14.1. The molecular formula is C17H11FINO. The molecule has 4 heteroatoms. The standard InChI is InChI=1S/C17H11FINO/c18-13-6-8-15(16(19)10-13)17(21)20-14-7-5-11-3-1-2-4-12(11)9-14/h1-10H,(H,20,21). The van der Waals surface area contributed by atoms with Crippen LogP contribution in [0.15, 0.2) is 60.7 Å². The predicted molar refractivity (Wildman–Crippen MR) is 91.0 cm³/mol. The van der Waals surface area contributed by atoms with Crippen molar-refractivity contribution in [3.63, 3.8) is 0 Å². The van der Waals surface area contributed by atoms with Gasteiger partial charge in [-0.05, 0) is 63.7 Å². The summed E-state index contributed by atoms with van der Waals surface area (Å²) in [7, 11) is 0. The Labute approximate surface area is 135 Å². The highest BCUT2D eigenvalue weighted by Crippen LogP contribution is 2.20. The highest BCUT2D eigenvalue weighted by Gasteiger charge is 2.11. The maximum Gasteiger partial charge on any atom is 0.256 e. The van der Waals surface area contributed by atoms with Crippen LogP contribution < -0.4 is 5.32 Å². The second kappa shape index (κ2) is 5.81. The van der Waals surface area contributed by atoms with E-state index in [2.05, 4.69) is 5.32 Å². The molecule has 1 amide bonds. The molecule has 0 radical (unpaired) electrons. The molecule has 0 saturated carbocycles. The first-order chi connectivity index (χ1) is 10.1. The molecule has 0 aliphatic carbocycles. The molecule has 0 atom stereocenters. The Hall–Kier alpha value is -1.95.